The Morgan fingerprint density at radius 1 is 0.412 bits per heavy atom. The smallest absolute Gasteiger partial charge is 0.220 e. The van der Waals surface area contributed by atoms with E-state index in [0.717, 1.165) is 64.2 Å². The topological polar surface area (TPSA) is 307 Å². The van der Waals surface area contributed by atoms with Crippen molar-refractivity contribution < 1.29 is 89.4 Å². The maximum Gasteiger partial charge on any atom is 0.220 e. The van der Waals surface area contributed by atoms with Crippen LogP contribution >= 0.6 is 0 Å². The molecule has 0 aliphatic carbocycles. The molecule has 85 heavy (non-hydrogen) atoms. The summed E-state index contributed by atoms with van der Waals surface area (Å²) >= 11 is 0. The molecule has 3 aliphatic rings. The number of ether oxygens (including phenoxy) is 6. The fraction of sp³-hybridized carbons (Fsp3) is 0.924. The summed E-state index contributed by atoms with van der Waals surface area (Å²) in [5.74, 6) is -0.281. The van der Waals surface area contributed by atoms with Crippen molar-refractivity contribution in [2.75, 3.05) is 26.4 Å². The second kappa shape index (κ2) is 49.0. The molecule has 12 N–H and O–H groups in total. The summed E-state index contributed by atoms with van der Waals surface area (Å²) in [6.45, 7) is 1.74. The number of allylic oxidation sites excluding steroid dienone is 3. The van der Waals surface area contributed by atoms with Gasteiger partial charge in [0.05, 0.1) is 38.6 Å². The normalized spacial score (nSPS) is 29.1. The number of aliphatic hydroxyl groups is 11. The second-order valence-electron chi connectivity index (χ2n) is 24.6. The van der Waals surface area contributed by atoms with E-state index in [1.165, 1.54) is 167 Å². The summed E-state index contributed by atoms with van der Waals surface area (Å²) in [5, 5.41) is 120. The summed E-state index contributed by atoms with van der Waals surface area (Å²) in [4.78, 5) is 13.4. The van der Waals surface area contributed by atoms with Gasteiger partial charge < -0.3 is 89.9 Å². The second-order valence-corrected chi connectivity index (χ2v) is 24.6. The SMILES string of the molecule is CCCCCCCCC/C=C\CCCCCCCC(=O)NC(COC1OC(CO)C(OC2OC(CO)C(OC3OC(CO)C(O)C(O)C3O)C(O)C2O)C(O)C1O)C(O)/C=C/CCCCCCCCCCCCCCCCCCCCCCCC. The fourth-order valence-electron chi connectivity index (χ4n) is 11.7. The summed E-state index contributed by atoms with van der Waals surface area (Å²) in [5.41, 5.74) is 0. The summed E-state index contributed by atoms with van der Waals surface area (Å²) in [7, 11) is 0. The van der Waals surface area contributed by atoms with Gasteiger partial charge in [0.2, 0.25) is 5.91 Å². The Morgan fingerprint density at radius 2 is 0.741 bits per heavy atom. The predicted molar refractivity (Wildman–Crippen MR) is 328 cm³/mol. The molecule has 19 nitrogen and oxygen atoms in total. The third-order valence-corrected chi connectivity index (χ3v) is 17.2. The van der Waals surface area contributed by atoms with E-state index in [2.05, 4.69) is 31.3 Å². The highest BCUT2D eigenvalue weighted by Gasteiger charge is 2.53. The van der Waals surface area contributed by atoms with Gasteiger partial charge in [0.1, 0.15) is 73.2 Å². The molecule has 3 saturated heterocycles. The Bertz CT molecular complexity index is 1640. The average molecular weight is 1220 g/mol. The number of aliphatic hydroxyl groups excluding tert-OH is 11. The lowest BCUT2D eigenvalue weighted by molar-refractivity contribution is -0.379. The molecular formula is C66H123NO18. The van der Waals surface area contributed by atoms with Crippen LogP contribution in [-0.4, -0.2) is 193 Å². The van der Waals surface area contributed by atoms with Gasteiger partial charge >= 0.3 is 0 Å². The largest absolute Gasteiger partial charge is 0.394 e. The Kier molecular flexibility index (Phi) is 44.7. The quantitative estimate of drug-likeness (QED) is 0.0201. The van der Waals surface area contributed by atoms with Crippen molar-refractivity contribution in [2.24, 2.45) is 0 Å². The van der Waals surface area contributed by atoms with Gasteiger partial charge in [0.15, 0.2) is 18.9 Å². The molecule has 0 radical (unpaired) electrons. The molecule has 3 fully saturated rings. The fourth-order valence-corrected chi connectivity index (χ4v) is 11.7. The van der Waals surface area contributed by atoms with E-state index in [0.29, 0.717) is 6.42 Å². The van der Waals surface area contributed by atoms with E-state index in [1.807, 2.05) is 6.08 Å². The Balaban J connectivity index is 1.45. The van der Waals surface area contributed by atoms with Gasteiger partial charge in [-0.3, -0.25) is 4.79 Å². The van der Waals surface area contributed by atoms with Crippen molar-refractivity contribution in [3.8, 4) is 0 Å². The zero-order valence-corrected chi connectivity index (χ0v) is 52.6. The van der Waals surface area contributed by atoms with Crippen molar-refractivity contribution in [2.45, 2.75) is 362 Å². The number of carbonyl (C=O) groups is 1. The Hall–Kier alpha value is -1.73. The van der Waals surface area contributed by atoms with Gasteiger partial charge in [0.25, 0.3) is 0 Å². The number of amides is 1. The van der Waals surface area contributed by atoms with E-state index in [1.54, 1.807) is 6.08 Å². The van der Waals surface area contributed by atoms with Crippen molar-refractivity contribution in [1.82, 2.24) is 5.32 Å². The monoisotopic (exact) mass is 1220 g/mol. The van der Waals surface area contributed by atoms with Crippen LogP contribution in [0, 0.1) is 0 Å². The van der Waals surface area contributed by atoms with Crippen LogP contribution < -0.4 is 5.32 Å². The number of hydrogen-bond donors (Lipinski definition) is 12. The molecule has 19 heteroatoms. The van der Waals surface area contributed by atoms with Crippen LogP contribution in [0.3, 0.4) is 0 Å². The summed E-state index contributed by atoms with van der Waals surface area (Å²) in [6, 6.07) is -0.976. The van der Waals surface area contributed by atoms with Crippen molar-refractivity contribution in [3.63, 3.8) is 0 Å². The van der Waals surface area contributed by atoms with E-state index >= 15 is 0 Å². The third kappa shape index (κ3) is 31.7. The lowest BCUT2D eigenvalue weighted by Crippen LogP contribution is -2.66. The minimum absolute atomic E-state index is 0.235. The molecule has 500 valence electrons. The van der Waals surface area contributed by atoms with Crippen LogP contribution in [-0.2, 0) is 33.2 Å². The van der Waals surface area contributed by atoms with Crippen LogP contribution in [0.15, 0.2) is 24.3 Å². The van der Waals surface area contributed by atoms with Crippen LogP contribution in [0.25, 0.3) is 0 Å². The van der Waals surface area contributed by atoms with Crippen molar-refractivity contribution >= 4 is 5.91 Å². The third-order valence-electron chi connectivity index (χ3n) is 17.2. The highest BCUT2D eigenvalue weighted by Crippen LogP contribution is 2.33. The molecule has 0 bridgehead atoms. The predicted octanol–water partition coefficient (Wildman–Crippen LogP) is 8.27. The summed E-state index contributed by atoms with van der Waals surface area (Å²) in [6.07, 6.45) is 27.3. The minimum atomic E-state index is -1.98. The van der Waals surface area contributed by atoms with Crippen LogP contribution in [0.4, 0.5) is 0 Å². The molecule has 3 aliphatic heterocycles. The van der Waals surface area contributed by atoms with Gasteiger partial charge in [-0.15, -0.1) is 0 Å². The molecule has 0 spiro atoms. The number of nitrogens with one attached hydrogen (secondary N) is 1. The van der Waals surface area contributed by atoms with E-state index in [9.17, 15) is 61.0 Å². The molecule has 17 unspecified atom stereocenters. The van der Waals surface area contributed by atoms with Crippen LogP contribution in [0.5, 0.6) is 0 Å². The van der Waals surface area contributed by atoms with Crippen molar-refractivity contribution in [1.29, 1.82) is 0 Å². The van der Waals surface area contributed by atoms with E-state index in [-0.39, 0.29) is 18.9 Å². The molecule has 17 atom stereocenters. The van der Waals surface area contributed by atoms with E-state index < -0.39 is 124 Å². The number of hydrogen-bond acceptors (Lipinski definition) is 18. The molecule has 1 amide bonds. The first-order chi connectivity index (χ1) is 41.3. The van der Waals surface area contributed by atoms with Crippen LogP contribution in [0.1, 0.15) is 258 Å². The average Bonchev–Trinajstić information content (AvgIpc) is 3.49. The minimum Gasteiger partial charge on any atom is -0.394 e. The molecule has 3 rings (SSSR count). The maximum absolute atomic E-state index is 13.4. The molecular weight excluding hydrogens is 1090 g/mol. The first-order valence-corrected chi connectivity index (χ1v) is 34.1. The van der Waals surface area contributed by atoms with Gasteiger partial charge in [-0.2, -0.15) is 0 Å². The zero-order valence-electron chi connectivity index (χ0n) is 52.6. The first kappa shape index (κ1) is 77.5. The van der Waals surface area contributed by atoms with Gasteiger partial charge in [-0.1, -0.05) is 231 Å². The van der Waals surface area contributed by atoms with E-state index in [4.69, 9.17) is 28.4 Å². The Morgan fingerprint density at radius 3 is 1.14 bits per heavy atom. The van der Waals surface area contributed by atoms with Gasteiger partial charge in [-0.25, -0.2) is 0 Å². The standard InChI is InChI=1S/C66H123NO18/c1-3-5-7-9-11-13-15-17-19-21-22-23-24-25-26-27-28-29-31-33-35-37-39-41-43-50(71)49(67-54(72)44-42-40-38-36-34-32-30-20-18-16-14-12-10-8-6-4-2)48-80-64-60(78)57(75)62(52(46-69)82-64)85-66-61(79)58(76)63(53(47-70)83-66)84-65-59(77)56(74)55(73)51(45-68)81-65/h20,30,41,43,49-53,55-66,68-71,73-79H,3-19,21-29,31-40,42,44-48H2,1-2H3,(H,67,72)/b30-20-,43-41+. The number of carbonyl (C=O) groups excluding carboxylic acids is 1. The lowest BCUT2D eigenvalue weighted by atomic mass is 9.96. The highest BCUT2D eigenvalue weighted by molar-refractivity contribution is 5.76. The van der Waals surface area contributed by atoms with Gasteiger partial charge in [0, 0.05) is 6.42 Å². The summed E-state index contributed by atoms with van der Waals surface area (Å²) < 4.78 is 34.3. The molecule has 0 aromatic carbocycles. The first-order valence-electron chi connectivity index (χ1n) is 34.1. The van der Waals surface area contributed by atoms with Crippen molar-refractivity contribution in [3.05, 3.63) is 24.3 Å². The lowest BCUT2D eigenvalue weighted by Gasteiger charge is -2.48. The molecule has 0 aromatic heterocycles. The van der Waals surface area contributed by atoms with Crippen LogP contribution in [0.2, 0.25) is 0 Å². The highest BCUT2D eigenvalue weighted by atomic mass is 16.8. The molecule has 0 aromatic rings. The van der Waals surface area contributed by atoms with Gasteiger partial charge in [-0.05, 0) is 44.9 Å². The molecule has 3 heterocycles. The maximum atomic E-state index is 13.4. The Labute approximate surface area is 511 Å². The number of unbranched alkanes of at least 4 members (excludes halogenated alkanes) is 34. The number of rotatable bonds is 52. The zero-order chi connectivity index (χ0) is 61.9. The molecule has 0 saturated carbocycles.